The number of amides is 1. The van der Waals surface area contributed by atoms with Crippen LogP contribution >= 0.6 is 22.9 Å². The van der Waals surface area contributed by atoms with Crippen molar-refractivity contribution >= 4 is 34.8 Å². The SMILES string of the molecule is COc1ccc(Cl)cc1C(=O)N[C@@H](CC(=O)O)c1cccs1. The molecule has 0 radical (unpaired) electrons. The maximum atomic E-state index is 12.4. The van der Waals surface area contributed by atoms with E-state index in [1.807, 2.05) is 5.38 Å². The Bertz CT molecular complexity index is 672. The van der Waals surface area contributed by atoms with E-state index in [9.17, 15) is 9.59 Å². The molecule has 1 atom stereocenters. The maximum Gasteiger partial charge on any atom is 0.305 e. The van der Waals surface area contributed by atoms with Crippen LogP contribution in [0.5, 0.6) is 5.75 Å². The lowest BCUT2D eigenvalue weighted by Crippen LogP contribution is -2.30. The fraction of sp³-hybridized carbons (Fsp3) is 0.200. The quantitative estimate of drug-likeness (QED) is 0.846. The molecule has 1 heterocycles. The van der Waals surface area contributed by atoms with E-state index >= 15 is 0 Å². The van der Waals surface area contributed by atoms with Gasteiger partial charge in [0.1, 0.15) is 5.75 Å². The van der Waals surface area contributed by atoms with Crippen LogP contribution in [0.4, 0.5) is 0 Å². The molecule has 0 spiro atoms. The number of benzene rings is 1. The van der Waals surface area contributed by atoms with Gasteiger partial charge in [-0.15, -0.1) is 11.3 Å². The average Bonchev–Trinajstić information content (AvgIpc) is 3.00. The molecule has 0 unspecified atom stereocenters. The van der Waals surface area contributed by atoms with Crippen LogP contribution in [0, 0.1) is 0 Å². The molecule has 2 N–H and O–H groups in total. The number of carbonyl (C=O) groups excluding carboxylic acids is 1. The lowest BCUT2D eigenvalue weighted by molar-refractivity contribution is -0.137. The van der Waals surface area contributed by atoms with Crippen molar-refractivity contribution in [3.8, 4) is 5.75 Å². The Labute approximate surface area is 136 Å². The molecule has 116 valence electrons. The molecule has 0 saturated heterocycles. The third-order valence-corrected chi connectivity index (χ3v) is 4.20. The van der Waals surface area contributed by atoms with E-state index in [1.54, 1.807) is 24.3 Å². The van der Waals surface area contributed by atoms with Crippen LogP contribution in [0.15, 0.2) is 35.7 Å². The highest BCUT2D eigenvalue weighted by Crippen LogP contribution is 2.26. The van der Waals surface area contributed by atoms with Crippen LogP contribution in [-0.2, 0) is 4.79 Å². The van der Waals surface area contributed by atoms with Gasteiger partial charge in [-0.05, 0) is 29.6 Å². The molecule has 5 nitrogen and oxygen atoms in total. The molecule has 1 aromatic carbocycles. The van der Waals surface area contributed by atoms with Gasteiger partial charge in [-0.2, -0.15) is 0 Å². The Morgan fingerprint density at radius 1 is 1.41 bits per heavy atom. The Morgan fingerprint density at radius 3 is 2.77 bits per heavy atom. The van der Waals surface area contributed by atoms with Gasteiger partial charge in [0.15, 0.2) is 0 Å². The fourth-order valence-corrected chi connectivity index (χ4v) is 2.93. The summed E-state index contributed by atoms with van der Waals surface area (Å²) in [6, 6.07) is 7.69. The number of carboxylic acid groups (broad SMARTS) is 1. The zero-order chi connectivity index (χ0) is 16.1. The molecule has 1 aromatic heterocycles. The van der Waals surface area contributed by atoms with Crippen molar-refractivity contribution in [2.45, 2.75) is 12.5 Å². The molecule has 0 fully saturated rings. The molecule has 0 aliphatic heterocycles. The second-order valence-corrected chi connectivity index (χ2v) is 5.90. The number of ether oxygens (including phenoxy) is 1. The number of aliphatic carboxylic acids is 1. The number of hydrogen-bond acceptors (Lipinski definition) is 4. The highest BCUT2D eigenvalue weighted by molar-refractivity contribution is 7.10. The lowest BCUT2D eigenvalue weighted by atomic mass is 10.1. The van der Waals surface area contributed by atoms with Gasteiger partial charge in [-0.1, -0.05) is 17.7 Å². The first-order valence-electron chi connectivity index (χ1n) is 6.41. The molecular weight excluding hydrogens is 326 g/mol. The number of nitrogens with one attached hydrogen (secondary N) is 1. The predicted octanol–water partition coefficient (Wildman–Crippen LogP) is 3.36. The highest BCUT2D eigenvalue weighted by Gasteiger charge is 2.21. The van der Waals surface area contributed by atoms with Gasteiger partial charge < -0.3 is 15.2 Å². The van der Waals surface area contributed by atoms with Crippen molar-refractivity contribution in [1.29, 1.82) is 0 Å². The Kier molecular flexibility index (Phi) is 5.41. The average molecular weight is 340 g/mol. The van der Waals surface area contributed by atoms with Crippen molar-refractivity contribution in [3.63, 3.8) is 0 Å². The Morgan fingerprint density at radius 2 is 2.18 bits per heavy atom. The molecule has 2 aromatic rings. The van der Waals surface area contributed by atoms with Crippen molar-refractivity contribution in [2.24, 2.45) is 0 Å². The summed E-state index contributed by atoms with van der Waals surface area (Å²) in [5.74, 6) is -1.04. The van der Waals surface area contributed by atoms with Gasteiger partial charge in [-0.3, -0.25) is 9.59 Å². The van der Waals surface area contributed by atoms with Crippen molar-refractivity contribution in [3.05, 3.63) is 51.2 Å². The van der Waals surface area contributed by atoms with E-state index in [0.29, 0.717) is 10.8 Å². The van der Waals surface area contributed by atoms with Crippen LogP contribution in [0.1, 0.15) is 27.7 Å². The summed E-state index contributed by atoms with van der Waals surface area (Å²) in [6.07, 6.45) is -0.199. The number of rotatable bonds is 6. The minimum Gasteiger partial charge on any atom is -0.496 e. The minimum absolute atomic E-state index is 0.199. The van der Waals surface area contributed by atoms with E-state index in [1.165, 1.54) is 24.5 Å². The third-order valence-electron chi connectivity index (χ3n) is 2.98. The summed E-state index contributed by atoms with van der Waals surface area (Å²) in [7, 11) is 1.45. The monoisotopic (exact) mass is 339 g/mol. The molecule has 22 heavy (non-hydrogen) atoms. The summed E-state index contributed by atoms with van der Waals surface area (Å²) < 4.78 is 5.14. The molecule has 2 rings (SSSR count). The van der Waals surface area contributed by atoms with Gasteiger partial charge in [0, 0.05) is 9.90 Å². The largest absolute Gasteiger partial charge is 0.496 e. The molecule has 0 aliphatic carbocycles. The van der Waals surface area contributed by atoms with Crippen LogP contribution in [-0.4, -0.2) is 24.1 Å². The van der Waals surface area contributed by atoms with Gasteiger partial charge >= 0.3 is 5.97 Å². The van der Waals surface area contributed by atoms with Gasteiger partial charge in [0.2, 0.25) is 0 Å². The van der Waals surface area contributed by atoms with E-state index < -0.39 is 17.9 Å². The summed E-state index contributed by atoms with van der Waals surface area (Å²) in [5, 5.41) is 14.0. The van der Waals surface area contributed by atoms with Gasteiger partial charge in [0.25, 0.3) is 5.91 Å². The maximum absolute atomic E-state index is 12.4. The Hall–Kier alpha value is -2.05. The van der Waals surface area contributed by atoms with Crippen molar-refractivity contribution in [1.82, 2.24) is 5.32 Å². The second-order valence-electron chi connectivity index (χ2n) is 4.48. The standard InChI is InChI=1S/C15H14ClNO4S/c1-21-12-5-4-9(16)7-10(12)15(20)17-11(8-14(18)19)13-3-2-6-22-13/h2-7,11H,8H2,1H3,(H,17,20)(H,18,19)/t11-/m0/s1. The molecule has 7 heteroatoms. The lowest BCUT2D eigenvalue weighted by Gasteiger charge is -2.17. The molecule has 0 aliphatic rings. The van der Waals surface area contributed by atoms with Crippen molar-refractivity contribution in [2.75, 3.05) is 7.11 Å². The number of carboxylic acids is 1. The number of halogens is 1. The zero-order valence-corrected chi connectivity index (χ0v) is 13.3. The molecule has 1 amide bonds. The van der Waals surface area contributed by atoms with E-state index in [-0.39, 0.29) is 12.0 Å². The molecule has 0 bridgehead atoms. The number of hydrogen-bond donors (Lipinski definition) is 2. The van der Waals surface area contributed by atoms with Gasteiger partial charge in [-0.25, -0.2) is 0 Å². The molecule has 0 saturated carbocycles. The first-order chi connectivity index (χ1) is 10.5. The number of thiophene rings is 1. The highest BCUT2D eigenvalue weighted by atomic mass is 35.5. The van der Waals surface area contributed by atoms with E-state index in [4.69, 9.17) is 21.4 Å². The first kappa shape index (κ1) is 16.3. The number of methoxy groups -OCH3 is 1. The summed E-state index contributed by atoms with van der Waals surface area (Å²) >= 11 is 7.30. The normalized spacial score (nSPS) is 11.7. The minimum atomic E-state index is -0.989. The fourth-order valence-electron chi connectivity index (χ4n) is 1.98. The van der Waals surface area contributed by atoms with Gasteiger partial charge in [0.05, 0.1) is 25.1 Å². The van der Waals surface area contributed by atoms with Crippen molar-refractivity contribution < 1.29 is 19.4 Å². The zero-order valence-electron chi connectivity index (χ0n) is 11.7. The van der Waals surface area contributed by atoms with Crippen LogP contribution in [0.2, 0.25) is 5.02 Å². The third kappa shape index (κ3) is 3.99. The summed E-state index contributed by atoms with van der Waals surface area (Å²) in [4.78, 5) is 24.2. The Balaban J connectivity index is 2.24. The topological polar surface area (TPSA) is 75.6 Å². The first-order valence-corrected chi connectivity index (χ1v) is 7.66. The van der Waals surface area contributed by atoms with Crippen LogP contribution in [0.25, 0.3) is 0 Å². The molecular formula is C15H14ClNO4S. The summed E-state index contributed by atoms with van der Waals surface area (Å²) in [5.41, 5.74) is 0.266. The smallest absolute Gasteiger partial charge is 0.305 e. The summed E-state index contributed by atoms with van der Waals surface area (Å²) in [6.45, 7) is 0. The van der Waals surface area contributed by atoms with Crippen LogP contribution in [0.3, 0.4) is 0 Å². The number of carbonyl (C=O) groups is 2. The van der Waals surface area contributed by atoms with E-state index in [2.05, 4.69) is 5.32 Å². The van der Waals surface area contributed by atoms with Crippen LogP contribution < -0.4 is 10.1 Å². The second kappa shape index (κ2) is 7.29. The predicted molar refractivity (Wildman–Crippen MR) is 84.8 cm³/mol. The van der Waals surface area contributed by atoms with E-state index in [0.717, 1.165) is 4.88 Å².